The third-order valence-corrected chi connectivity index (χ3v) is 4.87. The van der Waals surface area contributed by atoms with Crippen molar-refractivity contribution in [2.45, 2.75) is 6.42 Å². The Balaban J connectivity index is 1.41. The summed E-state index contributed by atoms with van der Waals surface area (Å²) in [6.07, 6.45) is 1.06. The van der Waals surface area contributed by atoms with E-state index in [1.165, 1.54) is 23.9 Å². The molecule has 25 heavy (non-hydrogen) atoms. The number of benzene rings is 2. The number of para-hydroxylation sites is 1. The van der Waals surface area contributed by atoms with Gasteiger partial charge in [-0.25, -0.2) is 4.39 Å². The fourth-order valence-electron chi connectivity index (χ4n) is 2.92. The third-order valence-electron chi connectivity index (χ3n) is 4.25. The Kier molecular flexibility index (Phi) is 5.91. The van der Waals surface area contributed by atoms with Gasteiger partial charge in [-0.15, -0.1) is 0 Å². The number of anilines is 1. The maximum atomic E-state index is 13.0. The highest BCUT2D eigenvalue weighted by atomic mass is 79.9. The van der Waals surface area contributed by atoms with Crippen LogP contribution in [0.4, 0.5) is 10.1 Å². The van der Waals surface area contributed by atoms with E-state index in [1.54, 1.807) is 0 Å². The number of nitrogens with one attached hydrogen (secondary N) is 1. The van der Waals surface area contributed by atoms with Gasteiger partial charge in [-0.05, 0) is 58.6 Å². The summed E-state index contributed by atoms with van der Waals surface area (Å²) in [4.78, 5) is 14.3. The molecule has 1 amide bonds. The summed E-state index contributed by atoms with van der Waals surface area (Å²) < 4.78 is 18.9. The number of halogens is 2. The SMILES string of the molecule is O=C(COc1ccc(F)cc1Br)NCC1CCN(c2ccccc2)C1. The minimum atomic E-state index is -0.354. The number of ether oxygens (including phenoxy) is 1. The van der Waals surface area contributed by atoms with E-state index in [9.17, 15) is 9.18 Å². The number of hydrogen-bond donors (Lipinski definition) is 1. The zero-order chi connectivity index (χ0) is 17.6. The highest BCUT2D eigenvalue weighted by Gasteiger charge is 2.23. The van der Waals surface area contributed by atoms with Crippen molar-refractivity contribution in [1.82, 2.24) is 5.32 Å². The van der Waals surface area contributed by atoms with Crippen LogP contribution in [0.2, 0.25) is 0 Å². The Morgan fingerprint density at radius 3 is 2.84 bits per heavy atom. The summed E-state index contributed by atoms with van der Waals surface area (Å²) in [6.45, 7) is 2.49. The van der Waals surface area contributed by atoms with Gasteiger partial charge in [0.05, 0.1) is 4.47 Å². The molecule has 1 N–H and O–H groups in total. The summed E-state index contributed by atoms with van der Waals surface area (Å²) in [7, 11) is 0. The molecule has 132 valence electrons. The molecule has 0 radical (unpaired) electrons. The lowest BCUT2D eigenvalue weighted by Gasteiger charge is -2.18. The molecule has 3 rings (SSSR count). The molecule has 1 unspecified atom stereocenters. The van der Waals surface area contributed by atoms with Crippen molar-refractivity contribution in [1.29, 1.82) is 0 Å². The maximum absolute atomic E-state index is 13.0. The van der Waals surface area contributed by atoms with Crippen molar-refractivity contribution in [3.05, 3.63) is 58.8 Å². The number of nitrogens with zero attached hydrogens (tertiary/aromatic N) is 1. The van der Waals surface area contributed by atoms with Crippen LogP contribution >= 0.6 is 15.9 Å². The van der Waals surface area contributed by atoms with Gasteiger partial charge in [0.15, 0.2) is 6.61 Å². The first kappa shape index (κ1) is 17.7. The summed E-state index contributed by atoms with van der Waals surface area (Å²) in [5.41, 5.74) is 1.22. The molecule has 1 aliphatic heterocycles. The fourth-order valence-corrected chi connectivity index (χ4v) is 3.38. The molecule has 2 aromatic rings. The number of carbonyl (C=O) groups is 1. The highest BCUT2D eigenvalue weighted by Crippen LogP contribution is 2.25. The third kappa shape index (κ3) is 4.95. The van der Waals surface area contributed by atoms with Crippen LogP contribution in [0, 0.1) is 11.7 Å². The van der Waals surface area contributed by atoms with E-state index in [-0.39, 0.29) is 18.3 Å². The number of amides is 1. The van der Waals surface area contributed by atoms with Crippen molar-refractivity contribution in [2.75, 3.05) is 31.1 Å². The molecule has 0 aromatic heterocycles. The zero-order valence-electron chi connectivity index (χ0n) is 13.8. The maximum Gasteiger partial charge on any atom is 0.257 e. The molecular formula is C19H20BrFN2O2. The lowest BCUT2D eigenvalue weighted by Crippen LogP contribution is -2.34. The first-order chi connectivity index (χ1) is 12.1. The number of rotatable bonds is 6. The van der Waals surface area contributed by atoms with Gasteiger partial charge in [-0.3, -0.25) is 4.79 Å². The Bertz CT molecular complexity index is 727. The predicted octanol–water partition coefficient (Wildman–Crippen LogP) is 3.61. The largest absolute Gasteiger partial charge is 0.483 e. The van der Waals surface area contributed by atoms with Gasteiger partial charge < -0.3 is 15.0 Å². The van der Waals surface area contributed by atoms with Crippen LogP contribution in [-0.2, 0) is 4.79 Å². The van der Waals surface area contributed by atoms with Crippen LogP contribution in [-0.4, -0.2) is 32.1 Å². The number of hydrogen-bond acceptors (Lipinski definition) is 3. The quantitative estimate of drug-likeness (QED) is 0.796. The average Bonchev–Trinajstić information content (AvgIpc) is 3.09. The predicted molar refractivity (Wildman–Crippen MR) is 99.4 cm³/mol. The Hall–Kier alpha value is -2.08. The normalized spacial score (nSPS) is 16.7. The van der Waals surface area contributed by atoms with Gasteiger partial charge >= 0.3 is 0 Å². The molecule has 2 aromatic carbocycles. The highest BCUT2D eigenvalue weighted by molar-refractivity contribution is 9.10. The van der Waals surface area contributed by atoms with Gasteiger partial charge in [-0.1, -0.05) is 18.2 Å². The molecule has 1 atom stereocenters. The minimum absolute atomic E-state index is 0.0840. The Morgan fingerprint density at radius 2 is 2.08 bits per heavy atom. The lowest BCUT2D eigenvalue weighted by molar-refractivity contribution is -0.123. The van der Waals surface area contributed by atoms with Crippen molar-refractivity contribution >= 4 is 27.5 Å². The van der Waals surface area contributed by atoms with Crippen molar-refractivity contribution in [3.63, 3.8) is 0 Å². The molecule has 0 spiro atoms. The lowest BCUT2D eigenvalue weighted by atomic mass is 10.1. The van der Waals surface area contributed by atoms with Gasteiger partial charge in [-0.2, -0.15) is 0 Å². The Labute approximate surface area is 155 Å². The van der Waals surface area contributed by atoms with Crippen LogP contribution in [0.25, 0.3) is 0 Å². The molecular weight excluding hydrogens is 387 g/mol. The van der Waals surface area contributed by atoms with E-state index < -0.39 is 0 Å². The van der Waals surface area contributed by atoms with Gasteiger partial charge in [0.25, 0.3) is 5.91 Å². The van der Waals surface area contributed by atoms with Crippen LogP contribution in [0.5, 0.6) is 5.75 Å². The molecule has 1 heterocycles. The smallest absolute Gasteiger partial charge is 0.257 e. The minimum Gasteiger partial charge on any atom is -0.483 e. The van der Waals surface area contributed by atoms with E-state index in [1.807, 2.05) is 18.2 Å². The van der Waals surface area contributed by atoms with Crippen molar-refractivity contribution < 1.29 is 13.9 Å². The Morgan fingerprint density at radius 1 is 1.28 bits per heavy atom. The summed E-state index contributed by atoms with van der Waals surface area (Å²) >= 11 is 3.22. The van der Waals surface area contributed by atoms with Gasteiger partial charge in [0, 0.05) is 25.3 Å². The van der Waals surface area contributed by atoms with Gasteiger partial charge in [0.2, 0.25) is 0 Å². The summed E-state index contributed by atoms with van der Waals surface area (Å²) in [5, 5.41) is 2.92. The summed E-state index contributed by atoms with van der Waals surface area (Å²) in [6, 6.07) is 14.4. The molecule has 0 saturated carbocycles. The van der Waals surface area contributed by atoms with Crippen LogP contribution in [0.1, 0.15) is 6.42 Å². The fraction of sp³-hybridized carbons (Fsp3) is 0.316. The second-order valence-electron chi connectivity index (χ2n) is 6.10. The van der Waals surface area contributed by atoms with E-state index in [2.05, 4.69) is 38.3 Å². The van der Waals surface area contributed by atoms with Gasteiger partial charge in [0.1, 0.15) is 11.6 Å². The second-order valence-corrected chi connectivity index (χ2v) is 6.96. The summed E-state index contributed by atoms with van der Waals surface area (Å²) in [5.74, 6) is 0.358. The topological polar surface area (TPSA) is 41.6 Å². The molecule has 6 heteroatoms. The zero-order valence-corrected chi connectivity index (χ0v) is 15.3. The van der Waals surface area contributed by atoms with Crippen LogP contribution in [0.15, 0.2) is 53.0 Å². The first-order valence-electron chi connectivity index (χ1n) is 8.26. The van der Waals surface area contributed by atoms with E-state index in [0.29, 0.717) is 22.7 Å². The average molecular weight is 407 g/mol. The van der Waals surface area contributed by atoms with Crippen molar-refractivity contribution in [2.24, 2.45) is 5.92 Å². The van der Waals surface area contributed by atoms with Crippen LogP contribution < -0.4 is 15.0 Å². The molecule has 1 fully saturated rings. The van der Waals surface area contributed by atoms with E-state index in [0.717, 1.165) is 19.5 Å². The molecule has 0 aliphatic carbocycles. The standard InChI is InChI=1S/C19H20BrFN2O2/c20-17-10-15(21)6-7-18(17)25-13-19(24)22-11-14-8-9-23(12-14)16-4-2-1-3-5-16/h1-7,10,14H,8-9,11-13H2,(H,22,24). The molecule has 0 bridgehead atoms. The number of carbonyl (C=O) groups excluding carboxylic acids is 1. The molecule has 1 aliphatic rings. The monoisotopic (exact) mass is 406 g/mol. The molecule has 1 saturated heterocycles. The van der Waals surface area contributed by atoms with Crippen molar-refractivity contribution in [3.8, 4) is 5.75 Å². The first-order valence-corrected chi connectivity index (χ1v) is 9.05. The molecule has 4 nitrogen and oxygen atoms in total. The van der Waals surface area contributed by atoms with E-state index >= 15 is 0 Å². The van der Waals surface area contributed by atoms with Crippen LogP contribution in [0.3, 0.4) is 0 Å². The second kappa shape index (κ2) is 8.34. The van der Waals surface area contributed by atoms with E-state index in [4.69, 9.17) is 4.74 Å².